The van der Waals surface area contributed by atoms with Crippen LogP contribution in [-0.2, 0) is 14.8 Å². The maximum absolute atomic E-state index is 12.5. The monoisotopic (exact) mass is 388 g/mol. The Morgan fingerprint density at radius 2 is 1.59 bits per heavy atom. The smallest absolute Gasteiger partial charge is 0.241 e. The Kier molecular flexibility index (Phi) is 5.79. The fraction of sp³-hybridized carbons (Fsp3) is 0.316. The van der Waals surface area contributed by atoms with Gasteiger partial charge in [-0.3, -0.25) is 9.69 Å². The van der Waals surface area contributed by atoms with Crippen molar-refractivity contribution in [2.75, 3.05) is 36.4 Å². The second kappa shape index (κ2) is 8.08. The maximum atomic E-state index is 12.5. The summed E-state index contributed by atoms with van der Waals surface area (Å²) >= 11 is 0. The van der Waals surface area contributed by atoms with Crippen molar-refractivity contribution in [3.8, 4) is 0 Å². The number of nitrogens with one attached hydrogen (secondary N) is 1. The number of carbonyl (C=O) groups excluding carboxylic acids is 1. The normalized spacial score (nSPS) is 16.7. The molecule has 3 N–H and O–H groups in total. The molecular formula is C19H24N4O3S. The Balaban J connectivity index is 1.55. The first-order chi connectivity index (χ1) is 12.8. The molecule has 0 unspecified atom stereocenters. The van der Waals surface area contributed by atoms with Crippen LogP contribution in [0.15, 0.2) is 59.5 Å². The van der Waals surface area contributed by atoms with E-state index < -0.39 is 10.0 Å². The number of amides is 1. The van der Waals surface area contributed by atoms with Gasteiger partial charge in [0, 0.05) is 37.6 Å². The summed E-state index contributed by atoms with van der Waals surface area (Å²) in [5.41, 5.74) is 1.74. The molecule has 3 rings (SSSR count). The highest BCUT2D eigenvalue weighted by Gasteiger charge is 2.25. The third-order valence-corrected chi connectivity index (χ3v) is 5.74. The first-order valence-corrected chi connectivity index (χ1v) is 10.4. The van der Waals surface area contributed by atoms with Gasteiger partial charge in [-0.2, -0.15) is 0 Å². The molecule has 1 saturated heterocycles. The largest absolute Gasteiger partial charge is 0.369 e. The van der Waals surface area contributed by atoms with Gasteiger partial charge in [0.15, 0.2) is 0 Å². The van der Waals surface area contributed by atoms with Crippen LogP contribution in [0.3, 0.4) is 0 Å². The number of sulfonamides is 1. The zero-order valence-electron chi connectivity index (χ0n) is 15.2. The minimum atomic E-state index is -3.74. The summed E-state index contributed by atoms with van der Waals surface area (Å²) < 4.78 is 22.6. The van der Waals surface area contributed by atoms with Crippen molar-refractivity contribution in [1.82, 2.24) is 4.90 Å². The second-order valence-electron chi connectivity index (χ2n) is 6.59. The van der Waals surface area contributed by atoms with Gasteiger partial charge < -0.3 is 10.2 Å². The summed E-state index contributed by atoms with van der Waals surface area (Å²) in [7, 11) is -3.74. The van der Waals surface area contributed by atoms with E-state index in [-0.39, 0.29) is 16.8 Å². The Morgan fingerprint density at radius 3 is 2.15 bits per heavy atom. The number of primary sulfonamides is 1. The molecule has 1 aliphatic rings. The van der Waals surface area contributed by atoms with Crippen LogP contribution >= 0.6 is 0 Å². The Hall–Kier alpha value is -2.42. The van der Waals surface area contributed by atoms with Gasteiger partial charge in [-0.25, -0.2) is 13.6 Å². The first kappa shape index (κ1) is 19.3. The topological polar surface area (TPSA) is 95.7 Å². The average Bonchev–Trinajstić information content (AvgIpc) is 2.68. The number of carbonyl (C=O) groups is 1. The molecule has 1 heterocycles. The minimum Gasteiger partial charge on any atom is -0.369 e. The molecule has 0 aromatic heterocycles. The van der Waals surface area contributed by atoms with E-state index in [0.29, 0.717) is 5.69 Å². The zero-order chi connectivity index (χ0) is 19.4. The van der Waals surface area contributed by atoms with Gasteiger partial charge in [-0.1, -0.05) is 18.2 Å². The summed E-state index contributed by atoms with van der Waals surface area (Å²) in [6, 6.07) is 15.8. The summed E-state index contributed by atoms with van der Waals surface area (Å²) in [4.78, 5) is 17.0. The molecule has 8 heteroatoms. The molecule has 1 amide bonds. The van der Waals surface area contributed by atoms with Crippen molar-refractivity contribution in [3.05, 3.63) is 54.6 Å². The molecule has 2 aromatic carbocycles. The number of hydrogen-bond acceptors (Lipinski definition) is 5. The molecule has 144 valence electrons. The number of para-hydroxylation sites is 1. The summed E-state index contributed by atoms with van der Waals surface area (Å²) in [6.45, 7) is 5.21. The number of rotatable bonds is 5. The van der Waals surface area contributed by atoms with Gasteiger partial charge in [-0.05, 0) is 43.3 Å². The van der Waals surface area contributed by atoms with Crippen LogP contribution in [0.1, 0.15) is 6.92 Å². The van der Waals surface area contributed by atoms with E-state index in [1.54, 1.807) is 0 Å². The molecule has 1 aliphatic heterocycles. The zero-order valence-corrected chi connectivity index (χ0v) is 16.0. The molecule has 1 fully saturated rings. The van der Waals surface area contributed by atoms with E-state index in [4.69, 9.17) is 5.14 Å². The van der Waals surface area contributed by atoms with Crippen LogP contribution in [0.25, 0.3) is 0 Å². The fourth-order valence-electron chi connectivity index (χ4n) is 3.15. The number of piperazine rings is 1. The standard InChI is InChI=1S/C19H24N4O3S/c1-15(19(24)21-16-7-9-18(10-8-16)27(20,25)26)22-11-13-23(14-12-22)17-5-3-2-4-6-17/h2-10,15H,11-14H2,1H3,(H,21,24)(H2,20,25,26)/t15-/m1/s1. The highest BCUT2D eigenvalue weighted by molar-refractivity contribution is 7.89. The Labute approximate surface area is 159 Å². The Morgan fingerprint density at radius 1 is 1.00 bits per heavy atom. The highest BCUT2D eigenvalue weighted by atomic mass is 32.2. The third-order valence-electron chi connectivity index (χ3n) is 4.81. The molecule has 0 aliphatic carbocycles. The highest BCUT2D eigenvalue weighted by Crippen LogP contribution is 2.18. The van der Waals surface area contributed by atoms with Crippen LogP contribution in [0, 0.1) is 0 Å². The summed E-state index contributed by atoms with van der Waals surface area (Å²) in [5, 5.41) is 7.91. The number of nitrogens with zero attached hydrogens (tertiary/aromatic N) is 2. The van der Waals surface area contributed by atoms with Crippen molar-refractivity contribution in [3.63, 3.8) is 0 Å². The lowest BCUT2D eigenvalue weighted by Crippen LogP contribution is -2.52. The Bertz CT molecular complexity index is 877. The molecular weight excluding hydrogens is 364 g/mol. The summed E-state index contributed by atoms with van der Waals surface area (Å²) in [5.74, 6) is -0.119. The molecule has 0 saturated carbocycles. The van der Waals surface area contributed by atoms with Gasteiger partial charge in [0.1, 0.15) is 0 Å². The lowest BCUT2D eigenvalue weighted by atomic mass is 10.2. The molecule has 2 aromatic rings. The van der Waals surface area contributed by atoms with E-state index >= 15 is 0 Å². The lowest BCUT2D eigenvalue weighted by Gasteiger charge is -2.38. The quantitative estimate of drug-likeness (QED) is 0.809. The minimum absolute atomic E-state index is 0.0191. The molecule has 0 spiro atoms. The van der Waals surface area contributed by atoms with E-state index in [9.17, 15) is 13.2 Å². The predicted molar refractivity (Wildman–Crippen MR) is 106 cm³/mol. The van der Waals surface area contributed by atoms with Crippen LogP contribution < -0.4 is 15.4 Å². The van der Waals surface area contributed by atoms with Gasteiger partial charge in [0.2, 0.25) is 15.9 Å². The SMILES string of the molecule is C[C@H](C(=O)Nc1ccc(S(N)(=O)=O)cc1)N1CCN(c2ccccc2)CC1. The van der Waals surface area contributed by atoms with Gasteiger partial charge in [0.25, 0.3) is 0 Å². The number of anilines is 2. The molecule has 0 bridgehead atoms. The van der Waals surface area contributed by atoms with E-state index in [1.165, 1.54) is 30.0 Å². The average molecular weight is 388 g/mol. The van der Waals surface area contributed by atoms with Crippen LogP contribution in [-0.4, -0.2) is 51.4 Å². The molecule has 7 nitrogen and oxygen atoms in total. The fourth-order valence-corrected chi connectivity index (χ4v) is 3.66. The third kappa shape index (κ3) is 4.85. The molecule has 27 heavy (non-hydrogen) atoms. The van der Waals surface area contributed by atoms with Crippen molar-refractivity contribution in [1.29, 1.82) is 0 Å². The number of hydrogen-bond donors (Lipinski definition) is 2. The van der Waals surface area contributed by atoms with Crippen LogP contribution in [0.5, 0.6) is 0 Å². The number of benzene rings is 2. The number of nitrogens with two attached hydrogens (primary N) is 1. The second-order valence-corrected chi connectivity index (χ2v) is 8.15. The van der Waals surface area contributed by atoms with Crippen molar-refractivity contribution < 1.29 is 13.2 Å². The maximum Gasteiger partial charge on any atom is 0.241 e. The lowest BCUT2D eigenvalue weighted by molar-refractivity contribution is -0.120. The summed E-state index contributed by atoms with van der Waals surface area (Å²) in [6.07, 6.45) is 0. The molecule has 1 atom stereocenters. The van der Waals surface area contributed by atoms with E-state index in [1.807, 2.05) is 25.1 Å². The first-order valence-electron chi connectivity index (χ1n) is 8.82. The van der Waals surface area contributed by atoms with Crippen molar-refractivity contribution >= 4 is 27.3 Å². The van der Waals surface area contributed by atoms with Crippen LogP contribution in [0.2, 0.25) is 0 Å². The van der Waals surface area contributed by atoms with Crippen molar-refractivity contribution in [2.24, 2.45) is 5.14 Å². The predicted octanol–water partition coefficient (Wildman–Crippen LogP) is 1.48. The van der Waals surface area contributed by atoms with Crippen molar-refractivity contribution in [2.45, 2.75) is 17.9 Å². The van der Waals surface area contributed by atoms with E-state index in [2.05, 4.69) is 27.2 Å². The van der Waals surface area contributed by atoms with Gasteiger partial charge in [0.05, 0.1) is 10.9 Å². The molecule has 0 radical (unpaired) electrons. The van der Waals surface area contributed by atoms with Gasteiger partial charge in [-0.15, -0.1) is 0 Å². The van der Waals surface area contributed by atoms with Crippen LogP contribution in [0.4, 0.5) is 11.4 Å². The van der Waals surface area contributed by atoms with E-state index in [0.717, 1.165) is 26.2 Å². The van der Waals surface area contributed by atoms with Gasteiger partial charge >= 0.3 is 0 Å².